The van der Waals surface area contributed by atoms with E-state index < -0.39 is 0 Å². The van der Waals surface area contributed by atoms with Crippen molar-refractivity contribution < 1.29 is 0 Å². The number of hydrogen-bond acceptors (Lipinski definition) is 2. The number of aromatic nitrogens is 6. The fourth-order valence-electron chi connectivity index (χ4n) is 17.5. The van der Waals surface area contributed by atoms with Gasteiger partial charge in [-0.25, -0.2) is 0 Å². The van der Waals surface area contributed by atoms with Crippen molar-refractivity contribution in [2.45, 2.75) is 38.5 Å². The molecule has 13 aromatic carbocycles. The summed E-state index contributed by atoms with van der Waals surface area (Å²) in [5.41, 5.74) is 30.9. The van der Waals surface area contributed by atoms with E-state index in [0.717, 1.165) is 55.2 Å². The van der Waals surface area contributed by atoms with Crippen LogP contribution in [0.5, 0.6) is 0 Å². The Balaban J connectivity index is 0.652. The van der Waals surface area contributed by atoms with Crippen LogP contribution in [0.4, 0.5) is 0 Å². The molecule has 0 spiro atoms. The van der Waals surface area contributed by atoms with E-state index in [1.807, 2.05) is 12.4 Å². The van der Waals surface area contributed by atoms with Crippen molar-refractivity contribution in [3.63, 3.8) is 0 Å². The predicted molar refractivity (Wildman–Crippen MR) is 400 cm³/mol. The van der Waals surface area contributed by atoms with Gasteiger partial charge in [-0.2, -0.15) is 0 Å². The minimum atomic E-state index is -0.0949. The Hall–Kier alpha value is -12.1. The molecule has 96 heavy (non-hydrogen) atoms. The molecule has 0 saturated heterocycles. The number of fused-ring (bicyclic) bond motifs is 21. The molecule has 2 aliphatic carbocycles. The molecule has 6 nitrogen and oxygen atoms in total. The van der Waals surface area contributed by atoms with Gasteiger partial charge in [0, 0.05) is 88.5 Å². The van der Waals surface area contributed by atoms with Crippen LogP contribution >= 0.6 is 0 Å². The standard InChI is InChI=1S/C90H60N6/c1-89(2)73-23-11-5-17-59(73)61-35-33-57(51-75(61)89)93-77-25-13-7-19-63(77)69-47-53(29-39-81(69)93)55-31-41-83-71(49-55)65-21-9-15-27-79(65)95(83)85-43-45-91-87-67(85)37-38-68-86(44-46-92-88(68)87)96-80-28-16-10-22-66(80)72-50-56(32-42-84(72)96)54-30-40-82-70(48-54)64-20-8-14-26-78(64)94(82)58-34-36-62-60-18-6-12-24-74(60)90(3,4)76(62)52-58/h5-52H,1-4H3. The zero-order valence-electron chi connectivity index (χ0n) is 53.4. The maximum atomic E-state index is 5.18. The maximum Gasteiger partial charge on any atom is 0.0986 e. The summed E-state index contributed by atoms with van der Waals surface area (Å²) in [7, 11) is 0. The molecular weight excluding hydrogens is 1170 g/mol. The molecule has 0 fully saturated rings. The van der Waals surface area contributed by atoms with Gasteiger partial charge < -0.3 is 18.3 Å². The van der Waals surface area contributed by atoms with Gasteiger partial charge in [0.15, 0.2) is 0 Å². The highest BCUT2D eigenvalue weighted by molar-refractivity contribution is 6.17. The van der Waals surface area contributed by atoms with Crippen LogP contribution < -0.4 is 0 Å². The van der Waals surface area contributed by atoms with Gasteiger partial charge >= 0.3 is 0 Å². The summed E-state index contributed by atoms with van der Waals surface area (Å²) in [5, 5.41) is 11.8. The first-order chi connectivity index (χ1) is 47.1. The van der Waals surface area contributed by atoms with Crippen molar-refractivity contribution in [1.29, 1.82) is 0 Å². The SMILES string of the molecule is CC1(C)c2ccccc2-c2ccc(-n3c4ccccc4c4cc(-c5ccc6c(c5)c5ccccc5n6-c5ccnc6c5ccc5c(-n7c8ccccc8c8cc(-c9ccc%10c(c9)c9ccccc9n%10-c9ccc%10c(c9)C(C)(C)c9ccccc9-%10)ccc87)ccnc56)ccc43)cc21. The summed E-state index contributed by atoms with van der Waals surface area (Å²) in [6, 6.07) is 104. The number of rotatable bonds is 6. The van der Waals surface area contributed by atoms with E-state index >= 15 is 0 Å². The second kappa shape index (κ2) is 19.3. The molecule has 0 bridgehead atoms. The van der Waals surface area contributed by atoms with Crippen LogP contribution in [-0.2, 0) is 10.8 Å². The van der Waals surface area contributed by atoms with Crippen molar-refractivity contribution >= 4 is 109 Å². The third-order valence-corrected chi connectivity index (χ3v) is 22.1. The van der Waals surface area contributed by atoms with Gasteiger partial charge in [0.1, 0.15) is 0 Å². The maximum absolute atomic E-state index is 5.18. The summed E-state index contributed by atoms with van der Waals surface area (Å²) in [5.74, 6) is 0. The number of hydrogen-bond donors (Lipinski definition) is 0. The summed E-state index contributed by atoms with van der Waals surface area (Å²) < 4.78 is 9.77. The molecule has 0 saturated carbocycles. The van der Waals surface area contributed by atoms with Gasteiger partial charge in [-0.15, -0.1) is 0 Å². The molecule has 21 rings (SSSR count). The normalized spacial score (nSPS) is 13.8. The monoisotopic (exact) mass is 1220 g/mol. The molecule has 450 valence electrons. The van der Waals surface area contributed by atoms with Crippen molar-refractivity contribution in [2.75, 3.05) is 0 Å². The van der Waals surface area contributed by atoms with Gasteiger partial charge in [-0.1, -0.05) is 185 Å². The zero-order valence-corrected chi connectivity index (χ0v) is 53.4. The van der Waals surface area contributed by atoms with E-state index in [1.165, 1.54) is 143 Å². The smallest absolute Gasteiger partial charge is 0.0986 e. The number of pyridine rings is 2. The molecule has 6 heterocycles. The number of para-hydroxylation sites is 4. The van der Waals surface area contributed by atoms with E-state index in [1.54, 1.807) is 0 Å². The molecule has 19 aromatic rings. The lowest BCUT2D eigenvalue weighted by molar-refractivity contribution is 0.660. The first-order valence-electron chi connectivity index (χ1n) is 33.4. The molecule has 0 N–H and O–H groups in total. The van der Waals surface area contributed by atoms with Crippen LogP contribution in [0.2, 0.25) is 0 Å². The molecule has 6 aromatic heterocycles. The highest BCUT2D eigenvalue weighted by atomic mass is 15.0. The first-order valence-corrected chi connectivity index (χ1v) is 33.4. The minimum absolute atomic E-state index is 0.0949. The van der Waals surface area contributed by atoms with E-state index in [4.69, 9.17) is 9.97 Å². The lowest BCUT2D eigenvalue weighted by Crippen LogP contribution is -2.15. The van der Waals surface area contributed by atoms with Crippen molar-refractivity contribution in [3.8, 4) is 67.3 Å². The second-order valence-corrected chi connectivity index (χ2v) is 27.7. The van der Waals surface area contributed by atoms with Gasteiger partial charge in [-0.05, 0) is 188 Å². The Morgan fingerprint density at radius 2 is 0.531 bits per heavy atom. The Morgan fingerprint density at radius 3 is 0.906 bits per heavy atom. The quantitative estimate of drug-likeness (QED) is 0.156. The fraction of sp³-hybridized carbons (Fsp3) is 0.0667. The average molecular weight is 1230 g/mol. The van der Waals surface area contributed by atoms with Crippen molar-refractivity contribution in [2.24, 2.45) is 0 Å². The summed E-state index contributed by atoms with van der Waals surface area (Å²) >= 11 is 0. The molecular formula is C90H60N6. The molecule has 2 aliphatic rings. The third kappa shape index (κ3) is 7.19. The van der Waals surface area contributed by atoms with Crippen LogP contribution in [0.25, 0.3) is 176 Å². The Morgan fingerprint density at radius 1 is 0.229 bits per heavy atom. The van der Waals surface area contributed by atoms with E-state index in [-0.39, 0.29) is 10.8 Å². The second-order valence-electron chi connectivity index (χ2n) is 27.7. The number of benzene rings is 13. The molecule has 6 heteroatoms. The van der Waals surface area contributed by atoms with Crippen LogP contribution in [0, 0.1) is 0 Å². The lowest BCUT2D eigenvalue weighted by Gasteiger charge is -2.22. The third-order valence-electron chi connectivity index (χ3n) is 22.1. The van der Waals surface area contributed by atoms with Crippen molar-refractivity contribution in [3.05, 3.63) is 314 Å². The largest absolute Gasteiger partial charge is 0.309 e. The molecule has 0 unspecified atom stereocenters. The minimum Gasteiger partial charge on any atom is -0.309 e. The molecule has 0 atom stereocenters. The summed E-state index contributed by atoms with van der Waals surface area (Å²) in [6.45, 7) is 9.44. The van der Waals surface area contributed by atoms with Gasteiger partial charge in [-0.3, -0.25) is 9.97 Å². The highest BCUT2D eigenvalue weighted by Crippen LogP contribution is 2.52. The Bertz CT molecular complexity index is 6250. The topological polar surface area (TPSA) is 45.5 Å². The van der Waals surface area contributed by atoms with Crippen molar-refractivity contribution in [1.82, 2.24) is 28.2 Å². The molecule has 0 aliphatic heterocycles. The van der Waals surface area contributed by atoms with Crippen LogP contribution in [0.15, 0.2) is 291 Å². The van der Waals surface area contributed by atoms with Gasteiger partial charge in [0.2, 0.25) is 0 Å². The predicted octanol–water partition coefficient (Wildman–Crippen LogP) is 23.1. The lowest BCUT2D eigenvalue weighted by atomic mass is 9.82. The average Bonchev–Trinajstić information content (AvgIpc) is 1.53. The Kier molecular flexibility index (Phi) is 10.7. The van der Waals surface area contributed by atoms with E-state index in [0.29, 0.717) is 0 Å². The molecule has 0 amide bonds. The number of nitrogens with zero attached hydrogens (tertiary/aromatic N) is 6. The van der Waals surface area contributed by atoms with Crippen LogP contribution in [0.3, 0.4) is 0 Å². The molecule has 0 radical (unpaired) electrons. The van der Waals surface area contributed by atoms with Crippen LogP contribution in [-0.4, -0.2) is 28.2 Å². The Labute approximate surface area is 553 Å². The van der Waals surface area contributed by atoms with Gasteiger partial charge in [0.25, 0.3) is 0 Å². The van der Waals surface area contributed by atoms with Gasteiger partial charge in [0.05, 0.1) is 66.5 Å². The fourth-order valence-corrected chi connectivity index (χ4v) is 17.5. The van der Waals surface area contributed by atoms with Crippen LogP contribution in [0.1, 0.15) is 49.9 Å². The summed E-state index contributed by atoms with van der Waals surface area (Å²) in [4.78, 5) is 10.4. The first kappa shape index (κ1) is 53.4. The highest BCUT2D eigenvalue weighted by Gasteiger charge is 2.37. The zero-order chi connectivity index (χ0) is 63.4. The van der Waals surface area contributed by atoms with E-state index in [2.05, 4.69) is 325 Å². The summed E-state index contributed by atoms with van der Waals surface area (Å²) in [6.07, 6.45) is 3.91. The van der Waals surface area contributed by atoms with E-state index in [9.17, 15) is 0 Å².